The fourth-order valence-electron chi connectivity index (χ4n) is 3.24. The molecule has 0 amide bonds. The van der Waals surface area contributed by atoms with E-state index in [2.05, 4.69) is 37.5 Å². The zero-order valence-corrected chi connectivity index (χ0v) is 17.1. The Balaban J connectivity index is 0. The first-order valence-corrected chi connectivity index (χ1v) is 9.56. The number of nitrogens with zero attached hydrogens (tertiary/aromatic N) is 2. The minimum atomic E-state index is -0.833. The monoisotopic (exact) mass is 360 g/mol. The van der Waals surface area contributed by atoms with Gasteiger partial charge in [-0.25, -0.2) is 0 Å². The molecule has 2 N–H and O–H groups in total. The van der Waals surface area contributed by atoms with Gasteiger partial charge in [-0.1, -0.05) is 20.8 Å². The number of rotatable bonds is 3. The van der Waals surface area contributed by atoms with Gasteiger partial charge in [-0.05, 0) is 65.2 Å². The Labute approximate surface area is 154 Å². The number of carboxylic acids is 2. The molecule has 0 radical (unpaired) electrons. The van der Waals surface area contributed by atoms with Crippen LogP contribution in [-0.4, -0.2) is 70.2 Å². The highest BCUT2D eigenvalue weighted by Crippen LogP contribution is 2.18. The Hall–Kier alpha value is -1.14. The average molecular weight is 361 g/mol. The lowest BCUT2D eigenvalue weighted by molar-refractivity contribution is -0.135. The van der Waals surface area contributed by atoms with Gasteiger partial charge in [-0.2, -0.15) is 0 Å². The van der Waals surface area contributed by atoms with Crippen LogP contribution < -0.4 is 0 Å². The summed E-state index contributed by atoms with van der Waals surface area (Å²) in [6.45, 7) is 16.4. The molecule has 2 aliphatic rings. The van der Waals surface area contributed by atoms with Crippen LogP contribution in [0.3, 0.4) is 0 Å². The molecule has 0 aromatic rings. The van der Waals surface area contributed by atoms with Gasteiger partial charge in [-0.3, -0.25) is 9.59 Å². The third-order valence-electron chi connectivity index (χ3n) is 4.47. The first-order valence-electron chi connectivity index (χ1n) is 9.56. The molecule has 2 rings (SSSR count). The number of carbonyl (C=O) groups is 2. The predicted molar refractivity (Wildman–Crippen MR) is 103 cm³/mol. The van der Waals surface area contributed by atoms with Gasteiger partial charge in [0.05, 0.1) is 0 Å². The first-order chi connectivity index (χ1) is 11.7. The van der Waals surface area contributed by atoms with E-state index in [1.165, 1.54) is 58.3 Å². The van der Waals surface area contributed by atoms with Crippen molar-refractivity contribution in [3.8, 4) is 0 Å². The molecule has 25 heavy (non-hydrogen) atoms. The van der Waals surface area contributed by atoms with E-state index in [0.717, 1.165) is 25.9 Å². The summed E-state index contributed by atoms with van der Waals surface area (Å²) in [7, 11) is 0. The van der Waals surface area contributed by atoms with Crippen LogP contribution in [0.5, 0.6) is 0 Å². The third kappa shape index (κ3) is 16.1. The van der Waals surface area contributed by atoms with Gasteiger partial charge in [0.15, 0.2) is 0 Å². The van der Waals surface area contributed by atoms with Gasteiger partial charge in [0.25, 0.3) is 11.9 Å². The van der Waals surface area contributed by atoms with Gasteiger partial charge in [0.2, 0.25) is 0 Å². The predicted octanol–water partition coefficient (Wildman–Crippen LogP) is 3.55. The molecule has 2 aliphatic heterocycles. The van der Waals surface area contributed by atoms with Crippen molar-refractivity contribution in [2.75, 3.05) is 26.2 Å². The SMILES string of the molecule is CC(=O)O.CC(=O)O.CCC1CCCN1CC.CCN1CCCC1C. The number of hydrogen-bond acceptors (Lipinski definition) is 4. The molecule has 2 unspecified atom stereocenters. The summed E-state index contributed by atoms with van der Waals surface area (Å²) in [5.74, 6) is -1.67. The highest BCUT2D eigenvalue weighted by molar-refractivity contribution is 5.63. The van der Waals surface area contributed by atoms with E-state index in [0.29, 0.717) is 0 Å². The van der Waals surface area contributed by atoms with Crippen LogP contribution in [0.15, 0.2) is 0 Å². The van der Waals surface area contributed by atoms with Gasteiger partial charge in [0.1, 0.15) is 0 Å². The molecular formula is C19H40N2O4. The summed E-state index contributed by atoms with van der Waals surface area (Å²) < 4.78 is 0. The van der Waals surface area contributed by atoms with Crippen molar-refractivity contribution in [1.82, 2.24) is 9.80 Å². The van der Waals surface area contributed by atoms with Crippen LogP contribution in [0, 0.1) is 0 Å². The highest BCUT2D eigenvalue weighted by atomic mass is 16.4. The number of aliphatic carboxylic acids is 2. The normalized spacial score (nSPS) is 22.6. The number of likely N-dealkylation sites (tertiary alicyclic amines) is 2. The summed E-state index contributed by atoms with van der Waals surface area (Å²) in [6.07, 6.45) is 7.02. The van der Waals surface area contributed by atoms with Crippen LogP contribution in [0.1, 0.15) is 73.6 Å². The second kappa shape index (κ2) is 16.3. The zero-order chi connectivity index (χ0) is 19.8. The van der Waals surface area contributed by atoms with Crippen molar-refractivity contribution in [3.05, 3.63) is 0 Å². The summed E-state index contributed by atoms with van der Waals surface area (Å²) in [5.41, 5.74) is 0. The Bertz CT molecular complexity index is 320. The minimum absolute atomic E-state index is 0.833. The number of carboxylic acid groups (broad SMARTS) is 2. The summed E-state index contributed by atoms with van der Waals surface area (Å²) >= 11 is 0. The first kappa shape index (κ1) is 26.1. The molecule has 6 heteroatoms. The maximum atomic E-state index is 9.00. The maximum Gasteiger partial charge on any atom is 0.300 e. The van der Waals surface area contributed by atoms with E-state index in [9.17, 15) is 0 Å². The van der Waals surface area contributed by atoms with E-state index in [1.54, 1.807) is 0 Å². The summed E-state index contributed by atoms with van der Waals surface area (Å²) in [5, 5.41) is 14.8. The second-order valence-electron chi connectivity index (χ2n) is 6.49. The molecule has 2 saturated heterocycles. The quantitative estimate of drug-likeness (QED) is 0.801. The van der Waals surface area contributed by atoms with Crippen molar-refractivity contribution >= 4 is 11.9 Å². The molecule has 0 bridgehead atoms. The second-order valence-corrected chi connectivity index (χ2v) is 6.49. The van der Waals surface area contributed by atoms with Gasteiger partial charge < -0.3 is 20.0 Å². The molecule has 6 nitrogen and oxygen atoms in total. The molecule has 0 aromatic carbocycles. The van der Waals surface area contributed by atoms with Crippen LogP contribution in [0.4, 0.5) is 0 Å². The molecule has 2 heterocycles. The zero-order valence-electron chi connectivity index (χ0n) is 17.1. The van der Waals surface area contributed by atoms with Gasteiger partial charge >= 0.3 is 0 Å². The van der Waals surface area contributed by atoms with E-state index >= 15 is 0 Å². The van der Waals surface area contributed by atoms with Crippen LogP contribution in [0.2, 0.25) is 0 Å². The van der Waals surface area contributed by atoms with Crippen LogP contribution in [-0.2, 0) is 9.59 Å². The number of hydrogen-bond donors (Lipinski definition) is 2. The lowest BCUT2D eigenvalue weighted by Gasteiger charge is -2.20. The largest absolute Gasteiger partial charge is 0.481 e. The Morgan fingerprint density at radius 2 is 1.28 bits per heavy atom. The average Bonchev–Trinajstić information content (AvgIpc) is 3.14. The van der Waals surface area contributed by atoms with Crippen molar-refractivity contribution in [3.63, 3.8) is 0 Å². The lowest BCUT2D eigenvalue weighted by atomic mass is 10.2. The molecule has 0 spiro atoms. The molecule has 0 saturated carbocycles. The van der Waals surface area contributed by atoms with Crippen molar-refractivity contribution in [2.24, 2.45) is 0 Å². The van der Waals surface area contributed by atoms with E-state index in [1.807, 2.05) is 0 Å². The van der Waals surface area contributed by atoms with Crippen LogP contribution in [0.25, 0.3) is 0 Å². The standard InChI is InChI=1S/C8H17N.C7H15N.2C2H4O2/c1-3-8-6-5-7-9(8)4-2;1-3-8-6-4-5-7(8)2;2*1-2(3)4/h8H,3-7H2,1-2H3;7H,3-6H2,1-2H3;2*1H3,(H,3,4). The van der Waals surface area contributed by atoms with Gasteiger partial charge in [0, 0.05) is 25.9 Å². The van der Waals surface area contributed by atoms with E-state index < -0.39 is 11.9 Å². The van der Waals surface area contributed by atoms with E-state index in [-0.39, 0.29) is 0 Å². The van der Waals surface area contributed by atoms with Crippen molar-refractivity contribution in [1.29, 1.82) is 0 Å². The summed E-state index contributed by atoms with van der Waals surface area (Å²) in [4.78, 5) is 23.1. The van der Waals surface area contributed by atoms with Crippen molar-refractivity contribution < 1.29 is 19.8 Å². The minimum Gasteiger partial charge on any atom is -0.481 e. The molecule has 2 atom stereocenters. The highest BCUT2D eigenvalue weighted by Gasteiger charge is 2.20. The fraction of sp³-hybridized carbons (Fsp3) is 0.895. The third-order valence-corrected chi connectivity index (χ3v) is 4.47. The van der Waals surface area contributed by atoms with Crippen LogP contribution >= 0.6 is 0 Å². The maximum absolute atomic E-state index is 9.00. The smallest absolute Gasteiger partial charge is 0.300 e. The molecule has 150 valence electrons. The Morgan fingerprint density at radius 3 is 1.52 bits per heavy atom. The van der Waals surface area contributed by atoms with Gasteiger partial charge in [-0.15, -0.1) is 0 Å². The Morgan fingerprint density at radius 1 is 0.880 bits per heavy atom. The Kier molecular flexibility index (Phi) is 17.0. The molecular weight excluding hydrogens is 320 g/mol. The topological polar surface area (TPSA) is 81.1 Å². The van der Waals surface area contributed by atoms with E-state index in [4.69, 9.17) is 19.8 Å². The molecule has 0 aliphatic carbocycles. The molecule has 0 aromatic heterocycles. The fourth-order valence-corrected chi connectivity index (χ4v) is 3.24. The van der Waals surface area contributed by atoms with Crippen molar-refractivity contribution in [2.45, 2.75) is 85.7 Å². The lowest BCUT2D eigenvalue weighted by Crippen LogP contribution is -2.28. The molecule has 2 fully saturated rings. The summed E-state index contributed by atoms with van der Waals surface area (Å²) in [6, 6.07) is 1.77.